The molecule has 6 heteroatoms. The molecule has 1 rings (SSSR count). The number of hydrogen-bond donors (Lipinski definition) is 1. The van der Waals surface area contributed by atoms with Crippen LogP contribution >= 0.6 is 0 Å². The van der Waals surface area contributed by atoms with Crippen molar-refractivity contribution in [2.45, 2.75) is 40.5 Å². The Morgan fingerprint density at radius 3 is 2.27 bits per heavy atom. The van der Waals surface area contributed by atoms with Gasteiger partial charge in [0.25, 0.3) is 0 Å². The Labute approximate surface area is 133 Å². The second-order valence-corrected chi connectivity index (χ2v) is 7.51. The summed E-state index contributed by atoms with van der Waals surface area (Å²) < 4.78 is 26.1. The monoisotopic (exact) mass is 326 g/mol. The normalized spacial score (nSPS) is 11.5. The number of anilines is 1. The molecule has 22 heavy (non-hydrogen) atoms. The number of amides is 1. The summed E-state index contributed by atoms with van der Waals surface area (Å²) in [6.07, 6.45) is 1.48. The first kappa shape index (κ1) is 18.6. The van der Waals surface area contributed by atoms with E-state index in [1.807, 2.05) is 39.0 Å². The van der Waals surface area contributed by atoms with Crippen LogP contribution in [0, 0.1) is 13.8 Å². The van der Waals surface area contributed by atoms with Gasteiger partial charge >= 0.3 is 0 Å². The van der Waals surface area contributed by atoms with Gasteiger partial charge in [-0.25, -0.2) is 13.1 Å². The average Bonchev–Trinajstić information content (AvgIpc) is 2.40. The minimum atomic E-state index is -3.25. The van der Waals surface area contributed by atoms with E-state index in [2.05, 4.69) is 4.72 Å². The third-order valence-electron chi connectivity index (χ3n) is 3.32. The summed E-state index contributed by atoms with van der Waals surface area (Å²) in [5, 5.41) is 0. The summed E-state index contributed by atoms with van der Waals surface area (Å²) in [4.78, 5) is 13.4. The average molecular weight is 326 g/mol. The van der Waals surface area contributed by atoms with E-state index in [9.17, 15) is 13.2 Å². The molecule has 0 aromatic heterocycles. The Hall–Kier alpha value is -1.40. The summed E-state index contributed by atoms with van der Waals surface area (Å²) in [5.41, 5.74) is 2.95. The fourth-order valence-electron chi connectivity index (χ4n) is 2.29. The second-order valence-electron chi connectivity index (χ2n) is 5.58. The number of nitrogens with zero attached hydrogens (tertiary/aromatic N) is 1. The molecule has 0 saturated heterocycles. The SMILES string of the molecule is CCCCS(=O)(=O)NCCN(C(C)=O)c1cc(C)cc(C)c1. The first-order valence-electron chi connectivity index (χ1n) is 7.59. The van der Waals surface area contributed by atoms with Gasteiger partial charge in [0.15, 0.2) is 0 Å². The molecule has 0 unspecified atom stereocenters. The Morgan fingerprint density at radius 2 is 1.77 bits per heavy atom. The van der Waals surface area contributed by atoms with Crippen molar-refractivity contribution in [2.24, 2.45) is 0 Å². The molecule has 0 bridgehead atoms. The van der Waals surface area contributed by atoms with Crippen LogP contribution in [0.5, 0.6) is 0 Å². The van der Waals surface area contributed by atoms with E-state index in [1.54, 1.807) is 4.90 Å². The number of aryl methyl sites for hydroxylation is 2. The molecule has 0 spiro atoms. The van der Waals surface area contributed by atoms with Gasteiger partial charge in [0.1, 0.15) is 0 Å². The number of carbonyl (C=O) groups is 1. The lowest BCUT2D eigenvalue weighted by atomic mass is 10.1. The van der Waals surface area contributed by atoms with Crippen molar-refractivity contribution in [1.29, 1.82) is 0 Å². The lowest BCUT2D eigenvalue weighted by molar-refractivity contribution is -0.116. The summed E-state index contributed by atoms with van der Waals surface area (Å²) in [7, 11) is -3.25. The number of sulfonamides is 1. The highest BCUT2D eigenvalue weighted by Gasteiger charge is 2.14. The van der Waals surface area contributed by atoms with Crippen molar-refractivity contribution in [3.63, 3.8) is 0 Å². The molecule has 1 amide bonds. The van der Waals surface area contributed by atoms with Gasteiger partial charge in [0.2, 0.25) is 15.9 Å². The van der Waals surface area contributed by atoms with Gasteiger partial charge in [-0.05, 0) is 43.5 Å². The van der Waals surface area contributed by atoms with Crippen molar-refractivity contribution >= 4 is 21.6 Å². The highest BCUT2D eigenvalue weighted by Crippen LogP contribution is 2.18. The van der Waals surface area contributed by atoms with Crippen molar-refractivity contribution in [2.75, 3.05) is 23.7 Å². The van der Waals surface area contributed by atoms with Gasteiger partial charge in [-0.2, -0.15) is 0 Å². The first-order chi connectivity index (χ1) is 10.2. The van der Waals surface area contributed by atoms with E-state index in [0.29, 0.717) is 13.0 Å². The van der Waals surface area contributed by atoms with Crippen LogP contribution in [0.2, 0.25) is 0 Å². The van der Waals surface area contributed by atoms with Gasteiger partial charge < -0.3 is 4.90 Å². The van der Waals surface area contributed by atoms with Crippen LogP contribution in [0.25, 0.3) is 0 Å². The molecule has 1 N–H and O–H groups in total. The van der Waals surface area contributed by atoms with Crippen LogP contribution in [0.15, 0.2) is 18.2 Å². The molecular weight excluding hydrogens is 300 g/mol. The Bertz CT molecular complexity index is 592. The number of unbranched alkanes of at least 4 members (excludes halogenated alkanes) is 1. The van der Waals surface area contributed by atoms with Gasteiger partial charge in [0, 0.05) is 25.7 Å². The molecule has 124 valence electrons. The third-order valence-corrected chi connectivity index (χ3v) is 4.79. The van der Waals surface area contributed by atoms with Crippen molar-refractivity contribution in [3.05, 3.63) is 29.3 Å². The fourth-order valence-corrected chi connectivity index (χ4v) is 3.51. The van der Waals surface area contributed by atoms with Crippen LogP contribution in [-0.4, -0.2) is 33.2 Å². The Kier molecular flexibility index (Phi) is 7.03. The van der Waals surface area contributed by atoms with Crippen molar-refractivity contribution in [3.8, 4) is 0 Å². The van der Waals surface area contributed by atoms with E-state index in [0.717, 1.165) is 23.2 Å². The molecule has 0 fully saturated rings. The molecule has 0 aliphatic rings. The fraction of sp³-hybridized carbons (Fsp3) is 0.562. The topological polar surface area (TPSA) is 66.5 Å². The highest BCUT2D eigenvalue weighted by atomic mass is 32.2. The standard InChI is InChI=1S/C16H26N2O3S/c1-5-6-9-22(20,21)17-7-8-18(15(4)19)16-11-13(2)10-14(3)12-16/h10-12,17H,5-9H2,1-4H3. The quantitative estimate of drug-likeness (QED) is 0.797. The van der Waals surface area contributed by atoms with Gasteiger partial charge in [-0.15, -0.1) is 0 Å². The second kappa shape index (κ2) is 8.29. The van der Waals surface area contributed by atoms with Crippen molar-refractivity contribution in [1.82, 2.24) is 4.72 Å². The summed E-state index contributed by atoms with van der Waals surface area (Å²) in [6.45, 7) is 7.93. The zero-order valence-electron chi connectivity index (χ0n) is 13.8. The predicted molar refractivity (Wildman–Crippen MR) is 90.6 cm³/mol. The first-order valence-corrected chi connectivity index (χ1v) is 9.24. The largest absolute Gasteiger partial charge is 0.311 e. The minimum absolute atomic E-state index is 0.0993. The third kappa shape index (κ3) is 6.15. The number of rotatable bonds is 8. The number of carbonyl (C=O) groups excluding carboxylic acids is 1. The molecule has 1 aromatic carbocycles. The van der Waals surface area contributed by atoms with Crippen molar-refractivity contribution < 1.29 is 13.2 Å². The molecule has 0 saturated carbocycles. The van der Waals surface area contributed by atoms with E-state index < -0.39 is 10.0 Å². The summed E-state index contributed by atoms with van der Waals surface area (Å²) in [6, 6.07) is 5.90. The van der Waals surface area contributed by atoms with E-state index >= 15 is 0 Å². The van der Waals surface area contributed by atoms with E-state index in [-0.39, 0.29) is 18.2 Å². The molecule has 5 nitrogen and oxygen atoms in total. The van der Waals surface area contributed by atoms with E-state index in [1.165, 1.54) is 6.92 Å². The van der Waals surface area contributed by atoms with Gasteiger partial charge in [0.05, 0.1) is 5.75 Å². The maximum atomic E-state index is 11.8. The predicted octanol–water partition coefficient (Wildman–Crippen LogP) is 2.38. The minimum Gasteiger partial charge on any atom is -0.311 e. The molecule has 0 atom stereocenters. The van der Waals surface area contributed by atoms with Crippen LogP contribution in [0.4, 0.5) is 5.69 Å². The molecule has 0 aliphatic carbocycles. The van der Waals surface area contributed by atoms with E-state index in [4.69, 9.17) is 0 Å². The molecule has 0 aliphatic heterocycles. The number of benzene rings is 1. The molecular formula is C16H26N2O3S. The van der Waals surface area contributed by atoms with Crippen LogP contribution in [-0.2, 0) is 14.8 Å². The lowest BCUT2D eigenvalue weighted by Gasteiger charge is -2.22. The smallest absolute Gasteiger partial charge is 0.223 e. The summed E-state index contributed by atoms with van der Waals surface area (Å²) in [5.74, 6) is 0.0328. The Morgan fingerprint density at radius 1 is 1.18 bits per heavy atom. The Balaban J connectivity index is 2.72. The summed E-state index contributed by atoms with van der Waals surface area (Å²) >= 11 is 0. The van der Waals surface area contributed by atoms with Crippen LogP contribution in [0.3, 0.4) is 0 Å². The maximum Gasteiger partial charge on any atom is 0.223 e. The highest BCUT2D eigenvalue weighted by molar-refractivity contribution is 7.89. The van der Waals surface area contributed by atoms with Crippen LogP contribution < -0.4 is 9.62 Å². The molecule has 0 heterocycles. The zero-order valence-corrected chi connectivity index (χ0v) is 14.7. The van der Waals surface area contributed by atoms with Crippen LogP contribution in [0.1, 0.15) is 37.8 Å². The van der Waals surface area contributed by atoms with Gasteiger partial charge in [-0.3, -0.25) is 4.79 Å². The zero-order chi connectivity index (χ0) is 16.8. The number of nitrogens with one attached hydrogen (secondary N) is 1. The van der Waals surface area contributed by atoms with Gasteiger partial charge in [-0.1, -0.05) is 19.4 Å². The molecule has 0 radical (unpaired) electrons. The lowest BCUT2D eigenvalue weighted by Crippen LogP contribution is -2.38. The number of hydrogen-bond acceptors (Lipinski definition) is 3. The maximum absolute atomic E-state index is 11.8. The molecule has 1 aromatic rings.